The molecule has 1 heterocycles. The number of rotatable bonds is 5. The number of aromatic nitrogens is 2. The second-order valence-electron chi connectivity index (χ2n) is 12.7. The number of carbonyl (C=O) groups is 1. The number of ketones is 1. The molecular weight excluding hydrogens is 410 g/mol. The fourth-order valence-corrected chi connectivity index (χ4v) is 8.98. The van der Waals surface area contributed by atoms with Gasteiger partial charge in [-0.05, 0) is 99.2 Å². The van der Waals surface area contributed by atoms with Gasteiger partial charge in [0.05, 0.1) is 18.3 Å². The van der Waals surface area contributed by atoms with E-state index >= 15 is 0 Å². The van der Waals surface area contributed by atoms with E-state index in [9.17, 15) is 9.90 Å². The monoisotopic (exact) mass is 453 g/mol. The molecule has 4 fully saturated rings. The molecule has 0 aromatic carbocycles. The first-order valence-corrected chi connectivity index (χ1v) is 13.2. The largest absolute Gasteiger partial charge is 0.390 e. The predicted molar refractivity (Wildman–Crippen MR) is 131 cm³/mol. The minimum atomic E-state index is -0.475. The minimum Gasteiger partial charge on any atom is -0.390 e. The summed E-state index contributed by atoms with van der Waals surface area (Å²) < 4.78 is 1.79. The van der Waals surface area contributed by atoms with Crippen molar-refractivity contribution >= 4 is 11.5 Å². The molecule has 33 heavy (non-hydrogen) atoms. The van der Waals surface area contributed by atoms with Crippen molar-refractivity contribution in [3.05, 3.63) is 24.5 Å². The Hall–Kier alpha value is -1.62. The van der Waals surface area contributed by atoms with Crippen LogP contribution in [0.1, 0.15) is 84.1 Å². The van der Waals surface area contributed by atoms with Gasteiger partial charge in [-0.2, -0.15) is 5.10 Å². The maximum Gasteiger partial charge on any atom is 0.157 e. The molecule has 0 amide bonds. The van der Waals surface area contributed by atoms with Crippen LogP contribution in [0.25, 0.3) is 5.70 Å². The molecular formula is C28H43N3O2. The lowest BCUT2D eigenvalue weighted by atomic mass is 9.44. The van der Waals surface area contributed by atoms with E-state index in [1.165, 1.54) is 32.1 Å². The van der Waals surface area contributed by atoms with Gasteiger partial charge in [0, 0.05) is 30.4 Å². The molecule has 4 saturated carbocycles. The van der Waals surface area contributed by atoms with E-state index in [1.54, 1.807) is 10.9 Å². The molecule has 0 aliphatic heterocycles. The van der Waals surface area contributed by atoms with E-state index in [2.05, 4.69) is 30.8 Å². The summed E-state index contributed by atoms with van der Waals surface area (Å²) in [6, 6.07) is 0. The van der Waals surface area contributed by atoms with Crippen molar-refractivity contribution in [2.75, 3.05) is 7.05 Å². The molecule has 0 unspecified atom stereocenters. The Bertz CT molecular complexity index is 935. The third-order valence-corrected chi connectivity index (χ3v) is 10.9. The number of nitrogens with zero attached hydrogens (tertiary/aromatic N) is 2. The first-order chi connectivity index (χ1) is 15.6. The summed E-state index contributed by atoms with van der Waals surface area (Å²) in [6.07, 6.45) is 14.0. The summed E-state index contributed by atoms with van der Waals surface area (Å²) in [7, 11) is 1.85. The molecule has 2 N–H and O–H groups in total. The molecule has 0 radical (unpaired) electrons. The topological polar surface area (TPSA) is 67.2 Å². The third-order valence-electron chi connectivity index (χ3n) is 10.9. The van der Waals surface area contributed by atoms with Crippen molar-refractivity contribution in [3.8, 4) is 0 Å². The van der Waals surface area contributed by atoms with E-state index in [4.69, 9.17) is 0 Å². The lowest BCUT2D eigenvalue weighted by molar-refractivity contribution is -0.151. The van der Waals surface area contributed by atoms with Gasteiger partial charge in [-0.15, -0.1) is 0 Å². The van der Waals surface area contributed by atoms with Gasteiger partial charge in [-0.25, -0.2) is 0 Å². The summed E-state index contributed by atoms with van der Waals surface area (Å²) in [5.41, 5.74) is 1.80. The van der Waals surface area contributed by atoms with E-state index in [1.807, 2.05) is 20.2 Å². The molecule has 0 saturated heterocycles. The lowest BCUT2D eigenvalue weighted by Crippen LogP contribution is -2.55. The quantitative estimate of drug-likeness (QED) is 0.654. The average molecular weight is 454 g/mol. The van der Waals surface area contributed by atoms with Crippen molar-refractivity contribution in [3.63, 3.8) is 0 Å². The fourth-order valence-electron chi connectivity index (χ4n) is 8.98. The molecule has 4 aliphatic carbocycles. The zero-order chi connectivity index (χ0) is 23.6. The van der Waals surface area contributed by atoms with Gasteiger partial charge in [0.25, 0.3) is 0 Å². The molecule has 1 aromatic heterocycles. The maximum absolute atomic E-state index is 13.5. The molecule has 5 heteroatoms. The van der Waals surface area contributed by atoms with Crippen LogP contribution in [0, 0.1) is 40.4 Å². The highest BCUT2D eigenvalue weighted by molar-refractivity contribution is 5.82. The second kappa shape index (κ2) is 7.96. The van der Waals surface area contributed by atoms with Crippen LogP contribution in [-0.4, -0.2) is 33.3 Å². The SMILES string of the molecule is C=C(NC)c1cnn(CC(=O)[C@H]2CC[C@H]3[C@@H]4CC[C@H]5C[C@](C)(O)CC[C@]5(C)[C@H]4CC[C@]23C)c1. The van der Waals surface area contributed by atoms with E-state index in [-0.39, 0.29) is 11.3 Å². The van der Waals surface area contributed by atoms with Crippen LogP contribution in [0.4, 0.5) is 0 Å². The van der Waals surface area contributed by atoms with Crippen LogP contribution in [0.3, 0.4) is 0 Å². The first-order valence-electron chi connectivity index (χ1n) is 13.2. The summed E-state index contributed by atoms with van der Waals surface area (Å²) in [4.78, 5) is 13.5. The van der Waals surface area contributed by atoms with Crippen LogP contribution >= 0.6 is 0 Å². The van der Waals surface area contributed by atoms with Crippen molar-refractivity contribution in [1.29, 1.82) is 0 Å². The standard InChI is InChI=1S/C28H43N3O2/c1-18(29-5)19-15-30-31(16-19)17-25(32)24-9-8-22-21-7-6-20-14-26(2,33)12-13-27(20,3)23(21)10-11-28(22,24)4/h15-16,20-24,29,33H,1,6-14,17H2,2-5H3/t20-,21-,22-,23-,24+,26+,27-,28-/m0/s1. The lowest BCUT2D eigenvalue weighted by Gasteiger charge is -2.61. The van der Waals surface area contributed by atoms with Crippen molar-refractivity contribution < 1.29 is 9.90 Å². The summed E-state index contributed by atoms with van der Waals surface area (Å²) >= 11 is 0. The van der Waals surface area contributed by atoms with Gasteiger partial charge in [0.1, 0.15) is 0 Å². The molecule has 1 aromatic rings. The van der Waals surface area contributed by atoms with Crippen molar-refractivity contribution in [2.24, 2.45) is 40.4 Å². The molecule has 5 nitrogen and oxygen atoms in total. The van der Waals surface area contributed by atoms with Gasteiger partial charge >= 0.3 is 0 Å². The Morgan fingerprint density at radius 3 is 2.64 bits per heavy atom. The Labute approximate surface area is 199 Å². The summed E-state index contributed by atoms with van der Waals surface area (Å²) in [6.45, 7) is 11.4. The Kier molecular flexibility index (Phi) is 5.58. The van der Waals surface area contributed by atoms with Crippen molar-refractivity contribution in [2.45, 2.75) is 90.7 Å². The van der Waals surface area contributed by atoms with Gasteiger partial charge in [0.15, 0.2) is 5.78 Å². The normalized spacial score (nSPS) is 44.5. The molecule has 0 bridgehead atoms. The second-order valence-corrected chi connectivity index (χ2v) is 12.7. The van der Waals surface area contributed by atoms with E-state index in [0.717, 1.165) is 48.8 Å². The summed E-state index contributed by atoms with van der Waals surface area (Å²) in [5, 5.41) is 18.2. The number of Topliss-reactive ketones (excluding diaryl/α,β-unsaturated/α-hetero) is 1. The van der Waals surface area contributed by atoms with E-state index < -0.39 is 5.60 Å². The molecule has 0 spiro atoms. The minimum absolute atomic E-state index is 0.131. The predicted octanol–water partition coefficient (Wildman–Crippen LogP) is 5.05. The fraction of sp³-hybridized carbons (Fsp3) is 0.786. The number of hydrogen-bond acceptors (Lipinski definition) is 4. The molecule has 182 valence electrons. The molecule has 8 atom stereocenters. The zero-order valence-electron chi connectivity index (χ0n) is 21.1. The maximum atomic E-state index is 13.5. The number of nitrogens with one attached hydrogen (secondary N) is 1. The van der Waals surface area contributed by atoms with Crippen molar-refractivity contribution in [1.82, 2.24) is 15.1 Å². The van der Waals surface area contributed by atoms with Crippen LogP contribution in [0.2, 0.25) is 0 Å². The Balaban J connectivity index is 1.31. The van der Waals surface area contributed by atoms with E-state index in [0.29, 0.717) is 29.6 Å². The third kappa shape index (κ3) is 3.69. The number of aliphatic hydroxyl groups is 1. The smallest absolute Gasteiger partial charge is 0.157 e. The number of carbonyl (C=O) groups excluding carboxylic acids is 1. The van der Waals surface area contributed by atoms with Gasteiger partial charge in [0.2, 0.25) is 0 Å². The average Bonchev–Trinajstić information content (AvgIpc) is 3.37. The summed E-state index contributed by atoms with van der Waals surface area (Å²) in [5.74, 6) is 3.36. The van der Waals surface area contributed by atoms with Crippen LogP contribution in [0.15, 0.2) is 19.0 Å². The molecule has 5 rings (SSSR count). The van der Waals surface area contributed by atoms with Gasteiger partial charge in [-0.3, -0.25) is 9.48 Å². The van der Waals surface area contributed by atoms with Crippen LogP contribution in [-0.2, 0) is 11.3 Å². The highest BCUT2D eigenvalue weighted by Crippen LogP contribution is 2.68. The Morgan fingerprint density at radius 1 is 1.12 bits per heavy atom. The van der Waals surface area contributed by atoms with Gasteiger partial charge in [-0.1, -0.05) is 20.4 Å². The molecule has 4 aliphatic rings. The number of fused-ring (bicyclic) bond motifs is 5. The highest BCUT2D eigenvalue weighted by atomic mass is 16.3. The zero-order valence-corrected chi connectivity index (χ0v) is 21.1. The van der Waals surface area contributed by atoms with Crippen LogP contribution < -0.4 is 5.32 Å². The number of hydrogen-bond donors (Lipinski definition) is 2. The van der Waals surface area contributed by atoms with Gasteiger partial charge < -0.3 is 10.4 Å². The van der Waals surface area contributed by atoms with Crippen LogP contribution in [0.5, 0.6) is 0 Å². The highest BCUT2D eigenvalue weighted by Gasteiger charge is 2.61. The first kappa shape index (κ1) is 23.1. The Morgan fingerprint density at radius 2 is 1.88 bits per heavy atom.